The molecule has 0 unspecified atom stereocenters. The number of aliphatic carboxylic acids is 1. The highest BCUT2D eigenvalue weighted by Crippen LogP contribution is 2.44. The van der Waals surface area contributed by atoms with Gasteiger partial charge in [0, 0.05) is 17.2 Å². The number of fused-ring (bicyclic) bond motifs is 3. The fourth-order valence-electron chi connectivity index (χ4n) is 4.38. The number of rotatable bonds is 7. The molecule has 0 heterocycles. The molecule has 3 aromatic rings. The number of nitrogens with one attached hydrogen (secondary N) is 2. The Bertz CT molecular complexity index is 1240. The van der Waals surface area contributed by atoms with Crippen LogP contribution in [0.3, 0.4) is 0 Å². The van der Waals surface area contributed by atoms with Gasteiger partial charge in [-0.15, -0.1) is 0 Å². The van der Waals surface area contributed by atoms with Crippen molar-refractivity contribution >= 4 is 23.7 Å². The normalized spacial score (nSPS) is 13.0. The standard InChI is InChI=1S/C28H28N2O5/c1-16(2)25(27(32)33)30-26(31)18-13-12-17(3)24(14-18)29-28(34)35-15-23-21-10-6-4-8-19(21)20-9-5-7-11-22(20)23/h4-14,16,23,25H,15H2,1-3H3,(H,29,34)(H,30,31)(H,32,33)/t25-/m1/s1. The number of aryl methyl sites for hydroxylation is 1. The van der Waals surface area contributed by atoms with Crippen LogP contribution in [-0.4, -0.2) is 35.7 Å². The number of carbonyl (C=O) groups excluding carboxylic acids is 2. The molecule has 2 amide bonds. The molecule has 7 heteroatoms. The van der Waals surface area contributed by atoms with Crippen LogP contribution in [0.4, 0.5) is 10.5 Å². The maximum atomic E-state index is 12.7. The third-order valence-corrected chi connectivity index (χ3v) is 6.30. The van der Waals surface area contributed by atoms with Crippen molar-refractivity contribution in [3.05, 3.63) is 89.0 Å². The topological polar surface area (TPSA) is 105 Å². The average molecular weight is 473 g/mol. The van der Waals surface area contributed by atoms with Gasteiger partial charge in [-0.2, -0.15) is 0 Å². The number of carboxylic acids is 1. The van der Waals surface area contributed by atoms with E-state index in [1.54, 1.807) is 32.9 Å². The van der Waals surface area contributed by atoms with E-state index >= 15 is 0 Å². The second-order valence-corrected chi connectivity index (χ2v) is 9.01. The Kier molecular flexibility index (Phi) is 6.87. The Labute approximate surface area is 204 Å². The minimum atomic E-state index is -1.10. The quantitative estimate of drug-likeness (QED) is 0.439. The van der Waals surface area contributed by atoms with E-state index in [0.29, 0.717) is 5.69 Å². The zero-order chi connectivity index (χ0) is 25.1. The highest BCUT2D eigenvalue weighted by atomic mass is 16.5. The lowest BCUT2D eigenvalue weighted by atomic mass is 9.98. The summed E-state index contributed by atoms with van der Waals surface area (Å²) in [6, 6.07) is 20.0. The SMILES string of the molecule is Cc1ccc(C(=O)N[C@@H](C(=O)O)C(C)C)cc1NC(=O)OCC1c2ccccc2-c2ccccc21. The van der Waals surface area contributed by atoms with E-state index in [2.05, 4.69) is 34.9 Å². The van der Waals surface area contributed by atoms with Gasteiger partial charge in [-0.05, 0) is 52.8 Å². The van der Waals surface area contributed by atoms with E-state index in [0.717, 1.165) is 27.8 Å². The first-order chi connectivity index (χ1) is 16.8. The van der Waals surface area contributed by atoms with Crippen LogP contribution in [0.2, 0.25) is 0 Å². The summed E-state index contributed by atoms with van der Waals surface area (Å²) in [4.78, 5) is 36.7. The number of benzene rings is 3. The molecule has 0 fully saturated rings. The fraction of sp³-hybridized carbons (Fsp3) is 0.250. The Morgan fingerprint density at radius 3 is 2.11 bits per heavy atom. The average Bonchev–Trinajstić information content (AvgIpc) is 3.15. The molecule has 0 radical (unpaired) electrons. The Hall–Kier alpha value is -4.13. The highest BCUT2D eigenvalue weighted by molar-refractivity contribution is 5.98. The predicted octanol–water partition coefficient (Wildman–Crippen LogP) is 5.20. The van der Waals surface area contributed by atoms with E-state index in [1.165, 1.54) is 6.07 Å². The van der Waals surface area contributed by atoms with E-state index in [1.807, 2.05) is 24.3 Å². The summed E-state index contributed by atoms with van der Waals surface area (Å²) in [5.74, 6) is -1.96. The van der Waals surface area contributed by atoms with Crippen LogP contribution in [0.25, 0.3) is 11.1 Å². The number of hydrogen-bond acceptors (Lipinski definition) is 4. The first-order valence-electron chi connectivity index (χ1n) is 11.5. The summed E-state index contributed by atoms with van der Waals surface area (Å²) in [6.07, 6.45) is -0.627. The van der Waals surface area contributed by atoms with Crippen LogP contribution in [0.1, 0.15) is 46.8 Å². The van der Waals surface area contributed by atoms with Crippen molar-refractivity contribution in [2.45, 2.75) is 32.7 Å². The van der Waals surface area contributed by atoms with E-state index in [4.69, 9.17) is 4.74 Å². The van der Waals surface area contributed by atoms with Crippen LogP contribution in [0.5, 0.6) is 0 Å². The van der Waals surface area contributed by atoms with Gasteiger partial charge in [0.1, 0.15) is 12.6 Å². The summed E-state index contributed by atoms with van der Waals surface area (Å²) in [7, 11) is 0. The van der Waals surface area contributed by atoms with Crippen molar-refractivity contribution in [2.24, 2.45) is 5.92 Å². The summed E-state index contributed by atoms with van der Waals surface area (Å²) in [6.45, 7) is 5.42. The molecule has 3 N–H and O–H groups in total. The molecular weight excluding hydrogens is 444 g/mol. The molecule has 0 saturated heterocycles. The van der Waals surface area contributed by atoms with Gasteiger partial charge in [-0.25, -0.2) is 9.59 Å². The number of carboxylic acid groups (broad SMARTS) is 1. The highest BCUT2D eigenvalue weighted by Gasteiger charge is 2.29. The number of amides is 2. The molecule has 35 heavy (non-hydrogen) atoms. The van der Waals surface area contributed by atoms with Gasteiger partial charge >= 0.3 is 12.1 Å². The molecule has 0 aromatic heterocycles. The smallest absolute Gasteiger partial charge is 0.411 e. The summed E-state index contributed by atoms with van der Waals surface area (Å²) in [5.41, 5.74) is 5.95. The van der Waals surface area contributed by atoms with Crippen molar-refractivity contribution < 1.29 is 24.2 Å². The van der Waals surface area contributed by atoms with Gasteiger partial charge in [0.15, 0.2) is 0 Å². The van der Waals surface area contributed by atoms with Crippen LogP contribution in [-0.2, 0) is 9.53 Å². The van der Waals surface area contributed by atoms with E-state index in [9.17, 15) is 19.5 Å². The second-order valence-electron chi connectivity index (χ2n) is 9.01. The molecule has 4 rings (SSSR count). The van der Waals surface area contributed by atoms with Crippen LogP contribution in [0.15, 0.2) is 66.7 Å². The van der Waals surface area contributed by atoms with Gasteiger partial charge < -0.3 is 15.2 Å². The molecule has 0 saturated carbocycles. The van der Waals surface area contributed by atoms with Crippen molar-refractivity contribution in [3.8, 4) is 11.1 Å². The van der Waals surface area contributed by atoms with Gasteiger partial charge in [0.05, 0.1) is 0 Å². The van der Waals surface area contributed by atoms with Crippen molar-refractivity contribution in [1.29, 1.82) is 0 Å². The van der Waals surface area contributed by atoms with Gasteiger partial charge in [-0.1, -0.05) is 68.4 Å². The third-order valence-electron chi connectivity index (χ3n) is 6.30. The van der Waals surface area contributed by atoms with Crippen molar-refractivity contribution in [2.75, 3.05) is 11.9 Å². The lowest BCUT2D eigenvalue weighted by molar-refractivity contribution is -0.140. The van der Waals surface area contributed by atoms with Crippen molar-refractivity contribution in [3.63, 3.8) is 0 Å². The summed E-state index contributed by atoms with van der Waals surface area (Å²) >= 11 is 0. The summed E-state index contributed by atoms with van der Waals surface area (Å²) < 4.78 is 5.60. The Balaban J connectivity index is 1.45. The number of ether oxygens (including phenoxy) is 1. The zero-order valence-corrected chi connectivity index (χ0v) is 19.9. The van der Waals surface area contributed by atoms with Gasteiger partial charge in [0.25, 0.3) is 5.91 Å². The number of hydrogen-bond donors (Lipinski definition) is 3. The molecular formula is C28H28N2O5. The molecule has 1 aliphatic rings. The van der Waals surface area contributed by atoms with E-state index < -0.39 is 24.0 Å². The molecule has 1 atom stereocenters. The Morgan fingerprint density at radius 1 is 0.943 bits per heavy atom. The maximum absolute atomic E-state index is 12.7. The second kappa shape index (κ2) is 10.0. The molecule has 3 aromatic carbocycles. The molecule has 0 spiro atoms. The lowest BCUT2D eigenvalue weighted by Crippen LogP contribution is -2.44. The Morgan fingerprint density at radius 2 is 1.54 bits per heavy atom. The maximum Gasteiger partial charge on any atom is 0.411 e. The fourth-order valence-corrected chi connectivity index (χ4v) is 4.38. The minimum absolute atomic E-state index is 0.0599. The minimum Gasteiger partial charge on any atom is -0.480 e. The molecule has 180 valence electrons. The monoisotopic (exact) mass is 472 g/mol. The zero-order valence-electron chi connectivity index (χ0n) is 19.9. The summed E-state index contributed by atoms with van der Waals surface area (Å²) in [5, 5.41) is 14.6. The third kappa shape index (κ3) is 5.04. The predicted molar refractivity (Wildman–Crippen MR) is 134 cm³/mol. The molecule has 1 aliphatic carbocycles. The van der Waals surface area contributed by atoms with Crippen molar-refractivity contribution in [1.82, 2.24) is 5.32 Å². The van der Waals surface area contributed by atoms with Crippen LogP contribution >= 0.6 is 0 Å². The van der Waals surface area contributed by atoms with Gasteiger partial charge in [-0.3, -0.25) is 10.1 Å². The largest absolute Gasteiger partial charge is 0.480 e. The van der Waals surface area contributed by atoms with Crippen LogP contribution in [0, 0.1) is 12.8 Å². The lowest BCUT2D eigenvalue weighted by Gasteiger charge is -2.18. The molecule has 7 nitrogen and oxygen atoms in total. The first kappa shape index (κ1) is 24.0. The molecule has 0 bridgehead atoms. The van der Waals surface area contributed by atoms with E-state index in [-0.39, 0.29) is 24.0 Å². The first-order valence-corrected chi connectivity index (χ1v) is 11.5. The van der Waals surface area contributed by atoms with Crippen LogP contribution < -0.4 is 10.6 Å². The number of carbonyl (C=O) groups is 3. The number of anilines is 1. The molecule has 0 aliphatic heterocycles. The van der Waals surface area contributed by atoms with Gasteiger partial charge in [0.2, 0.25) is 0 Å².